The molecule has 0 bridgehead atoms. The Balaban J connectivity index is 1.89. The highest BCUT2D eigenvalue weighted by atomic mass is 32.1. The van der Waals surface area contributed by atoms with Crippen molar-refractivity contribution in [1.82, 2.24) is 0 Å². The first-order valence-electron chi connectivity index (χ1n) is 6.56. The third-order valence-electron chi connectivity index (χ3n) is 2.90. The van der Waals surface area contributed by atoms with Crippen molar-refractivity contribution < 1.29 is 14.3 Å². The number of esters is 1. The van der Waals surface area contributed by atoms with Crippen molar-refractivity contribution in [3.63, 3.8) is 0 Å². The van der Waals surface area contributed by atoms with Crippen molar-refractivity contribution in [1.29, 1.82) is 0 Å². The van der Waals surface area contributed by atoms with Gasteiger partial charge in [0.1, 0.15) is 0 Å². The fourth-order valence-electron chi connectivity index (χ4n) is 1.96. The Kier molecular flexibility index (Phi) is 4.75. The second-order valence-corrected chi connectivity index (χ2v) is 6.28. The summed E-state index contributed by atoms with van der Waals surface area (Å²) < 4.78 is 5.04. The number of aryl methyl sites for hydroxylation is 3. The maximum atomic E-state index is 11.9. The molecule has 1 aromatic carbocycles. The van der Waals surface area contributed by atoms with Crippen LogP contribution in [0.4, 0.5) is 5.69 Å². The Morgan fingerprint density at radius 3 is 2.57 bits per heavy atom. The van der Waals surface area contributed by atoms with Gasteiger partial charge in [0, 0.05) is 15.4 Å². The summed E-state index contributed by atoms with van der Waals surface area (Å²) >= 11 is 1.53. The third kappa shape index (κ3) is 4.16. The number of anilines is 1. The summed E-state index contributed by atoms with van der Waals surface area (Å²) in [5, 5.41) is 2.70. The highest BCUT2D eigenvalue weighted by molar-refractivity contribution is 7.12. The molecule has 1 heterocycles. The smallest absolute Gasteiger partial charge is 0.339 e. The van der Waals surface area contributed by atoms with Crippen molar-refractivity contribution in [3.05, 3.63) is 51.2 Å². The topological polar surface area (TPSA) is 55.4 Å². The first-order chi connectivity index (χ1) is 9.95. The third-order valence-corrected chi connectivity index (χ3v) is 3.86. The maximum absolute atomic E-state index is 11.9. The number of amides is 1. The summed E-state index contributed by atoms with van der Waals surface area (Å²) in [7, 11) is 0. The average molecular weight is 303 g/mol. The molecule has 21 heavy (non-hydrogen) atoms. The molecule has 0 fully saturated rings. The van der Waals surface area contributed by atoms with Crippen LogP contribution in [0, 0.1) is 20.8 Å². The Hall–Kier alpha value is -2.14. The van der Waals surface area contributed by atoms with Crippen molar-refractivity contribution >= 4 is 28.9 Å². The first kappa shape index (κ1) is 15.3. The molecule has 110 valence electrons. The minimum Gasteiger partial charge on any atom is -0.452 e. The summed E-state index contributed by atoms with van der Waals surface area (Å²) in [5.74, 6) is -0.810. The predicted molar refractivity (Wildman–Crippen MR) is 83.9 cm³/mol. The molecule has 0 spiro atoms. The van der Waals surface area contributed by atoms with E-state index >= 15 is 0 Å². The average Bonchev–Trinajstić information content (AvgIpc) is 2.75. The molecule has 0 aliphatic heterocycles. The SMILES string of the molecule is Cc1cccc(NC(=O)COC(=O)c2cc(C)sc2C)c1. The van der Waals surface area contributed by atoms with Crippen LogP contribution in [-0.4, -0.2) is 18.5 Å². The number of carbonyl (C=O) groups is 2. The van der Waals surface area contributed by atoms with E-state index in [9.17, 15) is 9.59 Å². The minimum absolute atomic E-state index is 0.291. The molecular formula is C16H17NO3S. The number of carbonyl (C=O) groups excluding carboxylic acids is 2. The van der Waals surface area contributed by atoms with Crippen molar-refractivity contribution in [2.45, 2.75) is 20.8 Å². The Morgan fingerprint density at radius 1 is 1.19 bits per heavy atom. The zero-order valence-corrected chi connectivity index (χ0v) is 13.0. The zero-order chi connectivity index (χ0) is 15.4. The lowest BCUT2D eigenvalue weighted by atomic mass is 10.2. The largest absolute Gasteiger partial charge is 0.452 e. The zero-order valence-electron chi connectivity index (χ0n) is 12.2. The number of rotatable bonds is 4. The van der Waals surface area contributed by atoms with E-state index in [1.54, 1.807) is 12.1 Å². The molecular weight excluding hydrogens is 286 g/mol. The van der Waals surface area contributed by atoms with Gasteiger partial charge in [-0.1, -0.05) is 12.1 Å². The lowest BCUT2D eigenvalue weighted by Gasteiger charge is -2.07. The van der Waals surface area contributed by atoms with E-state index in [1.165, 1.54) is 11.3 Å². The van der Waals surface area contributed by atoms with Crippen LogP contribution >= 0.6 is 11.3 Å². The summed E-state index contributed by atoms with van der Waals surface area (Å²) in [6, 6.07) is 9.22. The highest BCUT2D eigenvalue weighted by Crippen LogP contribution is 2.21. The van der Waals surface area contributed by atoms with Crippen LogP contribution in [0.2, 0.25) is 0 Å². The first-order valence-corrected chi connectivity index (χ1v) is 7.38. The summed E-state index contributed by atoms with van der Waals surface area (Å²) in [5.41, 5.74) is 2.27. The molecule has 5 heteroatoms. The summed E-state index contributed by atoms with van der Waals surface area (Å²) in [6.07, 6.45) is 0. The van der Waals surface area contributed by atoms with Crippen LogP contribution in [-0.2, 0) is 9.53 Å². The molecule has 1 aromatic heterocycles. The van der Waals surface area contributed by atoms with Gasteiger partial charge in [0.05, 0.1) is 5.56 Å². The number of hydrogen-bond donors (Lipinski definition) is 1. The molecule has 0 unspecified atom stereocenters. The van der Waals surface area contributed by atoms with Gasteiger partial charge in [0.25, 0.3) is 5.91 Å². The monoisotopic (exact) mass is 303 g/mol. The second-order valence-electron chi connectivity index (χ2n) is 4.82. The normalized spacial score (nSPS) is 10.2. The van der Waals surface area contributed by atoms with E-state index in [-0.39, 0.29) is 12.5 Å². The number of hydrogen-bond acceptors (Lipinski definition) is 4. The lowest BCUT2D eigenvalue weighted by Crippen LogP contribution is -2.21. The van der Waals surface area contributed by atoms with E-state index in [2.05, 4.69) is 5.32 Å². The van der Waals surface area contributed by atoms with Gasteiger partial charge < -0.3 is 10.1 Å². The Morgan fingerprint density at radius 2 is 1.95 bits per heavy atom. The quantitative estimate of drug-likeness (QED) is 0.880. The Labute approximate surface area is 127 Å². The summed E-state index contributed by atoms with van der Waals surface area (Å²) in [6.45, 7) is 5.44. The number of nitrogens with one attached hydrogen (secondary N) is 1. The van der Waals surface area contributed by atoms with Crippen LogP contribution in [0.3, 0.4) is 0 Å². The minimum atomic E-state index is -0.462. The van der Waals surface area contributed by atoms with Crippen LogP contribution < -0.4 is 5.32 Å². The van der Waals surface area contributed by atoms with Crippen molar-refractivity contribution in [2.24, 2.45) is 0 Å². The van der Waals surface area contributed by atoms with Crippen LogP contribution in [0.1, 0.15) is 25.7 Å². The van der Waals surface area contributed by atoms with Crippen molar-refractivity contribution in [2.75, 3.05) is 11.9 Å². The van der Waals surface area contributed by atoms with Crippen LogP contribution in [0.15, 0.2) is 30.3 Å². The molecule has 0 radical (unpaired) electrons. The fraction of sp³-hybridized carbons (Fsp3) is 0.250. The van der Waals surface area contributed by atoms with E-state index in [4.69, 9.17) is 4.74 Å². The molecule has 4 nitrogen and oxygen atoms in total. The molecule has 0 atom stereocenters. The van der Waals surface area contributed by atoms with E-state index in [1.807, 2.05) is 39.0 Å². The number of ether oxygens (including phenoxy) is 1. The van der Waals surface area contributed by atoms with Crippen molar-refractivity contribution in [3.8, 4) is 0 Å². The second kappa shape index (κ2) is 6.54. The molecule has 0 aliphatic carbocycles. The summed E-state index contributed by atoms with van der Waals surface area (Å²) in [4.78, 5) is 25.6. The molecule has 1 amide bonds. The highest BCUT2D eigenvalue weighted by Gasteiger charge is 2.15. The van der Waals surface area contributed by atoms with Gasteiger partial charge in [-0.3, -0.25) is 4.79 Å². The van der Waals surface area contributed by atoms with Gasteiger partial charge in [0.15, 0.2) is 6.61 Å². The maximum Gasteiger partial charge on any atom is 0.339 e. The number of benzene rings is 1. The predicted octanol–water partition coefficient (Wildman–Crippen LogP) is 3.47. The van der Waals surface area contributed by atoms with Gasteiger partial charge in [0.2, 0.25) is 0 Å². The van der Waals surface area contributed by atoms with Crippen LogP contribution in [0.25, 0.3) is 0 Å². The van der Waals surface area contributed by atoms with Gasteiger partial charge in [-0.2, -0.15) is 0 Å². The molecule has 1 N–H and O–H groups in total. The van der Waals surface area contributed by atoms with Gasteiger partial charge >= 0.3 is 5.97 Å². The fourth-order valence-corrected chi connectivity index (χ4v) is 2.87. The molecule has 2 aromatic rings. The number of thiophene rings is 1. The van der Waals surface area contributed by atoms with Gasteiger partial charge in [-0.15, -0.1) is 11.3 Å². The van der Waals surface area contributed by atoms with Gasteiger partial charge in [-0.05, 0) is 44.5 Å². The molecule has 0 saturated heterocycles. The van der Waals surface area contributed by atoms with E-state index in [0.717, 1.165) is 15.3 Å². The molecule has 2 rings (SSSR count). The van der Waals surface area contributed by atoms with Gasteiger partial charge in [-0.25, -0.2) is 4.79 Å². The van der Waals surface area contributed by atoms with E-state index < -0.39 is 5.97 Å². The van der Waals surface area contributed by atoms with E-state index in [0.29, 0.717) is 11.3 Å². The molecule has 0 aliphatic rings. The molecule has 0 saturated carbocycles. The standard InChI is InChI=1S/C16H17NO3S/c1-10-5-4-6-13(7-10)17-15(18)9-20-16(19)14-8-11(2)21-12(14)3/h4-8H,9H2,1-3H3,(H,17,18). The Bertz CT molecular complexity index is 676. The van der Waals surface area contributed by atoms with Crippen LogP contribution in [0.5, 0.6) is 0 Å². The lowest BCUT2D eigenvalue weighted by molar-refractivity contribution is -0.119.